The molecular weight excluding hydrogens is 411 g/mol. The molecule has 1 unspecified atom stereocenters. The van der Waals surface area contributed by atoms with Gasteiger partial charge in [0.25, 0.3) is 5.91 Å². The summed E-state index contributed by atoms with van der Waals surface area (Å²) in [6.45, 7) is -0.451. The summed E-state index contributed by atoms with van der Waals surface area (Å²) in [6.07, 6.45) is -3.35. The highest BCUT2D eigenvalue weighted by Gasteiger charge is 2.57. The standard InChI is InChI=1S/C22H18F3N3O3/c1-28-11-10-27-20(28)21(31,22(23,24)25)8-9-26-19(30)13-6-7-15-14-4-2-3-5-16(14)18(29)17(15)12-13/h2-7,10-12,31H,8-9H2,1H3,(H,26,30). The number of aromatic nitrogens is 2. The first kappa shape index (κ1) is 20.8. The van der Waals surface area contributed by atoms with Gasteiger partial charge in [0.15, 0.2) is 5.78 Å². The Bertz CT molecular complexity index is 1190. The molecular formula is C22H18F3N3O3. The van der Waals surface area contributed by atoms with E-state index in [1.807, 2.05) is 12.1 Å². The highest BCUT2D eigenvalue weighted by atomic mass is 19.4. The molecule has 0 saturated heterocycles. The van der Waals surface area contributed by atoms with Crippen molar-refractivity contribution in [2.24, 2.45) is 7.05 Å². The van der Waals surface area contributed by atoms with Gasteiger partial charge < -0.3 is 15.0 Å². The van der Waals surface area contributed by atoms with Crippen molar-refractivity contribution in [1.82, 2.24) is 14.9 Å². The van der Waals surface area contributed by atoms with Gasteiger partial charge in [0, 0.05) is 49.1 Å². The number of imidazole rings is 1. The molecule has 1 aliphatic rings. The molecule has 0 saturated carbocycles. The lowest BCUT2D eigenvalue weighted by Gasteiger charge is -2.30. The number of carbonyl (C=O) groups is 2. The Morgan fingerprint density at radius 1 is 1.10 bits per heavy atom. The second-order valence-corrected chi connectivity index (χ2v) is 7.36. The third kappa shape index (κ3) is 3.40. The number of carbonyl (C=O) groups excluding carboxylic acids is 2. The monoisotopic (exact) mass is 429 g/mol. The van der Waals surface area contributed by atoms with Gasteiger partial charge in [0.1, 0.15) is 5.82 Å². The van der Waals surface area contributed by atoms with Crippen LogP contribution < -0.4 is 5.32 Å². The average molecular weight is 429 g/mol. The Kier molecular flexibility index (Phi) is 4.93. The van der Waals surface area contributed by atoms with E-state index in [1.165, 1.54) is 25.4 Å². The van der Waals surface area contributed by atoms with E-state index < -0.39 is 36.5 Å². The second-order valence-electron chi connectivity index (χ2n) is 7.36. The minimum atomic E-state index is -4.98. The van der Waals surface area contributed by atoms with Crippen LogP contribution in [0.15, 0.2) is 54.9 Å². The van der Waals surface area contributed by atoms with Gasteiger partial charge in [-0.25, -0.2) is 4.98 Å². The fourth-order valence-corrected chi connectivity index (χ4v) is 3.77. The maximum atomic E-state index is 13.6. The summed E-state index contributed by atoms with van der Waals surface area (Å²) in [4.78, 5) is 28.7. The van der Waals surface area contributed by atoms with E-state index in [-0.39, 0.29) is 11.3 Å². The molecule has 1 heterocycles. The lowest BCUT2D eigenvalue weighted by molar-refractivity contribution is -0.272. The molecule has 0 fully saturated rings. The summed E-state index contributed by atoms with van der Waals surface area (Å²) >= 11 is 0. The molecule has 0 radical (unpaired) electrons. The number of aryl methyl sites for hydroxylation is 1. The molecule has 160 valence electrons. The second kappa shape index (κ2) is 7.35. The van der Waals surface area contributed by atoms with Gasteiger partial charge >= 0.3 is 6.18 Å². The third-order valence-electron chi connectivity index (χ3n) is 5.42. The zero-order valence-electron chi connectivity index (χ0n) is 16.4. The lowest BCUT2D eigenvalue weighted by Crippen LogP contribution is -2.46. The van der Waals surface area contributed by atoms with Crippen LogP contribution >= 0.6 is 0 Å². The third-order valence-corrected chi connectivity index (χ3v) is 5.42. The molecule has 3 aromatic rings. The van der Waals surface area contributed by atoms with Crippen molar-refractivity contribution in [2.75, 3.05) is 6.54 Å². The van der Waals surface area contributed by atoms with Crippen molar-refractivity contribution in [3.8, 4) is 11.1 Å². The van der Waals surface area contributed by atoms with Gasteiger partial charge in [-0.05, 0) is 23.3 Å². The number of fused-ring (bicyclic) bond motifs is 3. The number of rotatable bonds is 5. The molecule has 2 N–H and O–H groups in total. The molecule has 1 amide bonds. The predicted octanol–water partition coefficient (Wildman–Crippen LogP) is 3.20. The molecule has 0 aliphatic heterocycles. The normalized spacial score (nSPS) is 14.7. The van der Waals surface area contributed by atoms with Crippen LogP contribution in [0.2, 0.25) is 0 Å². The fourth-order valence-electron chi connectivity index (χ4n) is 3.77. The Morgan fingerprint density at radius 3 is 2.42 bits per heavy atom. The van der Waals surface area contributed by atoms with Crippen LogP contribution in [-0.4, -0.2) is 39.1 Å². The molecule has 1 aliphatic carbocycles. The quantitative estimate of drug-likeness (QED) is 0.510. The molecule has 6 nitrogen and oxygen atoms in total. The van der Waals surface area contributed by atoms with Crippen molar-refractivity contribution < 1.29 is 27.9 Å². The minimum absolute atomic E-state index is 0.146. The first-order valence-electron chi connectivity index (χ1n) is 9.47. The van der Waals surface area contributed by atoms with E-state index in [1.54, 1.807) is 18.2 Å². The number of hydrogen-bond donors (Lipinski definition) is 2. The van der Waals surface area contributed by atoms with E-state index in [0.717, 1.165) is 16.3 Å². The summed E-state index contributed by atoms with van der Waals surface area (Å²) < 4.78 is 41.8. The van der Waals surface area contributed by atoms with Crippen LogP contribution in [-0.2, 0) is 12.6 Å². The topological polar surface area (TPSA) is 84.2 Å². The maximum absolute atomic E-state index is 13.6. The van der Waals surface area contributed by atoms with E-state index in [4.69, 9.17) is 0 Å². The number of nitrogens with one attached hydrogen (secondary N) is 1. The molecule has 9 heteroatoms. The van der Waals surface area contributed by atoms with Crippen molar-refractivity contribution in [3.63, 3.8) is 0 Å². The molecule has 31 heavy (non-hydrogen) atoms. The number of nitrogens with zero attached hydrogens (tertiary/aromatic N) is 2. The average Bonchev–Trinajstić information content (AvgIpc) is 3.29. The number of benzene rings is 2. The Labute approximate surface area is 175 Å². The number of aliphatic hydroxyl groups is 1. The molecule has 1 aromatic heterocycles. The highest BCUT2D eigenvalue weighted by molar-refractivity contribution is 6.22. The number of ketones is 1. The zero-order valence-corrected chi connectivity index (χ0v) is 16.4. The van der Waals surface area contributed by atoms with Crippen LogP contribution in [0.1, 0.15) is 38.5 Å². The highest BCUT2D eigenvalue weighted by Crippen LogP contribution is 2.40. The van der Waals surface area contributed by atoms with Gasteiger partial charge in [-0.2, -0.15) is 13.2 Å². The summed E-state index contributed by atoms with van der Waals surface area (Å²) in [5.74, 6) is -1.41. The van der Waals surface area contributed by atoms with Crippen molar-refractivity contribution in [3.05, 3.63) is 77.4 Å². The Morgan fingerprint density at radius 2 is 1.77 bits per heavy atom. The molecule has 2 aromatic carbocycles. The number of halogens is 3. The van der Waals surface area contributed by atoms with Gasteiger partial charge in [0.05, 0.1) is 0 Å². The molecule has 1 atom stereocenters. The van der Waals surface area contributed by atoms with Gasteiger partial charge in [-0.1, -0.05) is 30.3 Å². The van der Waals surface area contributed by atoms with Gasteiger partial charge in [0.2, 0.25) is 5.60 Å². The van der Waals surface area contributed by atoms with E-state index >= 15 is 0 Å². The Hall–Kier alpha value is -3.46. The molecule has 4 rings (SSSR count). The van der Waals surface area contributed by atoms with Crippen molar-refractivity contribution >= 4 is 11.7 Å². The number of alkyl halides is 3. The smallest absolute Gasteiger partial charge is 0.374 e. The van der Waals surface area contributed by atoms with Gasteiger partial charge in [-0.3, -0.25) is 9.59 Å². The SMILES string of the molecule is Cn1ccnc1C(O)(CCNC(=O)c1ccc2c(c1)C(=O)c1ccccc1-2)C(F)(F)F. The molecule has 0 bridgehead atoms. The minimum Gasteiger partial charge on any atom is -0.374 e. The van der Waals surface area contributed by atoms with E-state index in [2.05, 4.69) is 10.3 Å². The Balaban J connectivity index is 1.50. The largest absolute Gasteiger partial charge is 0.424 e. The first-order chi connectivity index (χ1) is 14.6. The summed E-state index contributed by atoms with van der Waals surface area (Å²) in [6, 6.07) is 11.7. The lowest BCUT2D eigenvalue weighted by atomic mass is 9.97. The maximum Gasteiger partial charge on any atom is 0.424 e. The zero-order chi connectivity index (χ0) is 22.4. The fraction of sp³-hybridized carbons (Fsp3) is 0.227. The first-order valence-corrected chi connectivity index (χ1v) is 9.47. The van der Waals surface area contributed by atoms with Crippen LogP contribution in [0.25, 0.3) is 11.1 Å². The van der Waals surface area contributed by atoms with Gasteiger partial charge in [-0.15, -0.1) is 0 Å². The number of amides is 1. The summed E-state index contributed by atoms with van der Waals surface area (Å²) in [5.41, 5.74) is -0.673. The van der Waals surface area contributed by atoms with Crippen molar-refractivity contribution in [2.45, 2.75) is 18.2 Å². The van der Waals surface area contributed by atoms with Crippen LogP contribution in [0, 0.1) is 0 Å². The van der Waals surface area contributed by atoms with Crippen LogP contribution in [0.4, 0.5) is 13.2 Å². The molecule has 0 spiro atoms. The van der Waals surface area contributed by atoms with Crippen LogP contribution in [0.3, 0.4) is 0 Å². The summed E-state index contributed by atoms with van der Waals surface area (Å²) in [5, 5.41) is 12.7. The van der Waals surface area contributed by atoms with E-state index in [9.17, 15) is 27.9 Å². The van der Waals surface area contributed by atoms with Crippen LogP contribution in [0.5, 0.6) is 0 Å². The number of hydrogen-bond acceptors (Lipinski definition) is 4. The summed E-state index contributed by atoms with van der Waals surface area (Å²) in [7, 11) is 1.34. The predicted molar refractivity (Wildman–Crippen MR) is 105 cm³/mol. The van der Waals surface area contributed by atoms with Crippen molar-refractivity contribution in [1.29, 1.82) is 0 Å². The van der Waals surface area contributed by atoms with E-state index in [0.29, 0.717) is 16.7 Å².